The summed E-state index contributed by atoms with van der Waals surface area (Å²) in [6, 6.07) is 13.5. The molecule has 0 aliphatic carbocycles. The van der Waals surface area contributed by atoms with Crippen molar-refractivity contribution in [2.45, 2.75) is 18.4 Å². The van der Waals surface area contributed by atoms with E-state index < -0.39 is 17.4 Å². The minimum atomic E-state index is -1.59. The van der Waals surface area contributed by atoms with Crippen LogP contribution in [0.25, 0.3) is 0 Å². The molecule has 0 saturated carbocycles. The van der Waals surface area contributed by atoms with Crippen LogP contribution >= 0.6 is 11.3 Å². The molecule has 1 fully saturated rings. The summed E-state index contributed by atoms with van der Waals surface area (Å²) in [6.07, 6.45) is 2.73. The molecule has 0 bridgehead atoms. The molecule has 1 atom stereocenters. The topological polar surface area (TPSA) is 112 Å². The number of amides is 3. The van der Waals surface area contributed by atoms with E-state index in [2.05, 4.69) is 10.6 Å². The summed E-state index contributed by atoms with van der Waals surface area (Å²) in [5.74, 6) is -1.48. The third kappa shape index (κ3) is 4.37. The van der Waals surface area contributed by atoms with Crippen molar-refractivity contribution in [1.29, 1.82) is 0 Å². The van der Waals surface area contributed by atoms with Crippen molar-refractivity contribution in [3.05, 3.63) is 70.8 Å². The van der Waals surface area contributed by atoms with E-state index in [4.69, 9.17) is 4.42 Å². The second kappa shape index (κ2) is 8.75. The molecule has 1 aromatic carbocycles. The van der Waals surface area contributed by atoms with Crippen LogP contribution in [0.5, 0.6) is 0 Å². The third-order valence-electron chi connectivity index (χ3n) is 5.06. The summed E-state index contributed by atoms with van der Waals surface area (Å²) in [7, 11) is 0. The summed E-state index contributed by atoms with van der Waals surface area (Å²) in [6.45, 7) is 0.389. The average molecular weight is 439 g/mol. The van der Waals surface area contributed by atoms with Crippen LogP contribution in [0.1, 0.15) is 23.5 Å². The molecule has 1 saturated heterocycles. The first-order chi connectivity index (χ1) is 15.0. The fourth-order valence-corrected chi connectivity index (χ4v) is 4.30. The number of hydrogen-bond donors (Lipinski definition) is 3. The number of rotatable bonds is 6. The van der Waals surface area contributed by atoms with Gasteiger partial charge in [0, 0.05) is 29.2 Å². The maximum absolute atomic E-state index is 12.4. The van der Waals surface area contributed by atoms with Crippen LogP contribution in [0, 0.1) is 0 Å². The predicted molar refractivity (Wildman–Crippen MR) is 116 cm³/mol. The predicted octanol–water partition coefficient (Wildman–Crippen LogP) is 2.46. The monoisotopic (exact) mass is 439 g/mol. The van der Waals surface area contributed by atoms with Gasteiger partial charge in [0.2, 0.25) is 5.91 Å². The van der Waals surface area contributed by atoms with E-state index in [0.29, 0.717) is 29.2 Å². The quantitative estimate of drug-likeness (QED) is 0.511. The van der Waals surface area contributed by atoms with E-state index >= 15 is 0 Å². The van der Waals surface area contributed by atoms with Gasteiger partial charge in [-0.25, -0.2) is 0 Å². The number of benzene rings is 1. The molecular weight excluding hydrogens is 418 g/mol. The maximum atomic E-state index is 12.4. The molecule has 3 aromatic rings. The molecule has 9 heteroatoms. The Labute approximate surface area is 182 Å². The van der Waals surface area contributed by atoms with Gasteiger partial charge in [-0.15, -0.1) is 11.3 Å². The smallest absolute Gasteiger partial charge is 0.313 e. The van der Waals surface area contributed by atoms with Crippen molar-refractivity contribution in [1.82, 2.24) is 5.32 Å². The maximum Gasteiger partial charge on any atom is 0.313 e. The van der Waals surface area contributed by atoms with Crippen LogP contribution in [-0.4, -0.2) is 35.9 Å². The molecule has 4 rings (SSSR count). The lowest BCUT2D eigenvalue weighted by Crippen LogP contribution is -2.44. The summed E-state index contributed by atoms with van der Waals surface area (Å²) in [5, 5.41) is 18.0. The average Bonchev–Trinajstić information content (AvgIpc) is 3.54. The van der Waals surface area contributed by atoms with Gasteiger partial charge in [-0.3, -0.25) is 14.4 Å². The highest BCUT2D eigenvalue weighted by Gasteiger charge is 2.36. The van der Waals surface area contributed by atoms with Crippen LogP contribution in [0.3, 0.4) is 0 Å². The Bertz CT molecular complexity index is 1040. The molecule has 2 aromatic heterocycles. The summed E-state index contributed by atoms with van der Waals surface area (Å²) >= 11 is 1.31. The number of nitrogens with zero attached hydrogens (tertiary/aromatic N) is 1. The molecule has 1 unspecified atom stereocenters. The van der Waals surface area contributed by atoms with Crippen molar-refractivity contribution in [3.63, 3.8) is 0 Å². The van der Waals surface area contributed by atoms with E-state index in [1.54, 1.807) is 58.8 Å². The van der Waals surface area contributed by atoms with Crippen molar-refractivity contribution in [2.75, 3.05) is 23.3 Å². The molecule has 0 radical (unpaired) electrons. The molecule has 1 aliphatic heterocycles. The van der Waals surface area contributed by atoms with Crippen LogP contribution in [0.2, 0.25) is 0 Å². The summed E-state index contributed by atoms with van der Waals surface area (Å²) < 4.78 is 5.35. The van der Waals surface area contributed by atoms with E-state index in [9.17, 15) is 19.5 Å². The minimum Gasteiger partial charge on any atom is -0.466 e. The largest absolute Gasteiger partial charge is 0.466 e. The van der Waals surface area contributed by atoms with Gasteiger partial charge in [0.1, 0.15) is 5.76 Å². The molecule has 3 amide bonds. The highest BCUT2D eigenvalue weighted by atomic mass is 32.1. The molecule has 8 nitrogen and oxygen atoms in total. The number of aliphatic hydroxyl groups is 1. The lowest BCUT2D eigenvalue weighted by Gasteiger charge is -2.25. The molecule has 3 N–H and O–H groups in total. The van der Waals surface area contributed by atoms with Gasteiger partial charge in [-0.1, -0.05) is 12.1 Å². The van der Waals surface area contributed by atoms with Gasteiger partial charge in [0.25, 0.3) is 0 Å². The molecular formula is C22H21N3O5S. The van der Waals surface area contributed by atoms with Gasteiger partial charge >= 0.3 is 11.8 Å². The standard InChI is InChI=1S/C22H21N3O5S/c26-19-9-2-10-25(19)16-6-1-5-15(13-16)24-21(28)20(27)23-14-22(29,17-7-3-11-30-17)18-8-4-12-31-18/h1,3-8,11-13,29H,2,9-10,14H2,(H,23,27)(H,24,28). The van der Waals surface area contributed by atoms with E-state index in [-0.39, 0.29) is 18.2 Å². The fraction of sp³-hybridized carbons (Fsp3) is 0.227. The number of anilines is 2. The van der Waals surface area contributed by atoms with Gasteiger partial charge in [-0.05, 0) is 48.2 Å². The minimum absolute atomic E-state index is 0.0343. The first-order valence-electron chi connectivity index (χ1n) is 9.77. The number of furan rings is 1. The van der Waals surface area contributed by atoms with Crippen molar-refractivity contribution >= 4 is 40.4 Å². The first-order valence-corrected chi connectivity index (χ1v) is 10.7. The second-order valence-electron chi connectivity index (χ2n) is 7.15. The Kier molecular flexibility index (Phi) is 5.88. The highest BCUT2D eigenvalue weighted by Crippen LogP contribution is 2.32. The van der Waals surface area contributed by atoms with E-state index in [1.165, 1.54) is 17.6 Å². The fourth-order valence-electron chi connectivity index (χ4n) is 3.47. The van der Waals surface area contributed by atoms with Gasteiger partial charge in [0.05, 0.1) is 12.8 Å². The molecule has 31 heavy (non-hydrogen) atoms. The second-order valence-corrected chi connectivity index (χ2v) is 8.10. The van der Waals surface area contributed by atoms with Crippen LogP contribution in [0.15, 0.2) is 64.6 Å². The Morgan fingerprint density at radius 3 is 2.71 bits per heavy atom. The summed E-state index contributed by atoms with van der Waals surface area (Å²) in [4.78, 5) is 39.0. The van der Waals surface area contributed by atoms with Gasteiger partial charge < -0.3 is 25.1 Å². The van der Waals surface area contributed by atoms with Crippen molar-refractivity contribution < 1.29 is 23.9 Å². The number of nitrogens with one attached hydrogen (secondary N) is 2. The lowest BCUT2D eigenvalue weighted by atomic mass is 9.98. The Morgan fingerprint density at radius 1 is 1.16 bits per heavy atom. The normalized spacial score (nSPS) is 15.5. The molecule has 1 aliphatic rings. The van der Waals surface area contributed by atoms with Crippen molar-refractivity contribution in [2.24, 2.45) is 0 Å². The number of carbonyl (C=O) groups excluding carboxylic acids is 3. The first kappa shape index (κ1) is 20.8. The Morgan fingerprint density at radius 2 is 2.03 bits per heavy atom. The number of hydrogen-bond acceptors (Lipinski definition) is 6. The van der Waals surface area contributed by atoms with E-state index in [1.807, 2.05) is 0 Å². The van der Waals surface area contributed by atoms with Crippen LogP contribution in [-0.2, 0) is 20.0 Å². The lowest BCUT2D eigenvalue weighted by molar-refractivity contribution is -0.136. The Hall–Kier alpha value is -3.43. The molecule has 160 valence electrons. The zero-order valence-electron chi connectivity index (χ0n) is 16.5. The number of thiophene rings is 1. The van der Waals surface area contributed by atoms with Crippen LogP contribution in [0.4, 0.5) is 11.4 Å². The summed E-state index contributed by atoms with van der Waals surface area (Å²) in [5.41, 5.74) is -0.522. The molecule has 3 heterocycles. The Balaban J connectivity index is 1.42. The van der Waals surface area contributed by atoms with E-state index in [0.717, 1.165) is 6.42 Å². The molecule has 0 spiro atoms. The van der Waals surface area contributed by atoms with Gasteiger partial charge in [-0.2, -0.15) is 0 Å². The van der Waals surface area contributed by atoms with Crippen molar-refractivity contribution in [3.8, 4) is 0 Å². The zero-order chi connectivity index (χ0) is 21.8. The van der Waals surface area contributed by atoms with Gasteiger partial charge in [0.15, 0.2) is 5.60 Å². The SMILES string of the molecule is O=C(NCC(O)(c1ccco1)c1cccs1)C(=O)Nc1cccc(N2CCCC2=O)c1. The van der Waals surface area contributed by atoms with Crippen LogP contribution < -0.4 is 15.5 Å². The zero-order valence-corrected chi connectivity index (χ0v) is 17.4. The number of carbonyl (C=O) groups is 3. The third-order valence-corrected chi connectivity index (χ3v) is 6.08. The highest BCUT2D eigenvalue weighted by molar-refractivity contribution is 7.10.